The molecule has 0 radical (unpaired) electrons. The molecule has 0 spiro atoms. The fraction of sp³-hybridized carbons (Fsp3) is 0.182. The van der Waals surface area contributed by atoms with Gasteiger partial charge in [-0.15, -0.1) is 0 Å². The van der Waals surface area contributed by atoms with Gasteiger partial charge in [-0.1, -0.05) is 30.4 Å². The van der Waals surface area contributed by atoms with E-state index < -0.39 is 0 Å². The molecule has 1 rings (SSSR count). The highest BCUT2D eigenvalue weighted by molar-refractivity contribution is 5.54. The van der Waals surface area contributed by atoms with Gasteiger partial charge in [0, 0.05) is 6.42 Å². The summed E-state index contributed by atoms with van der Waals surface area (Å²) in [6.45, 7) is 3.74. The van der Waals surface area contributed by atoms with Crippen molar-refractivity contribution in [3.63, 3.8) is 0 Å². The second-order valence-electron chi connectivity index (χ2n) is 2.93. The average Bonchev–Trinajstić information content (AvgIpc) is 2.09. The zero-order valence-corrected chi connectivity index (χ0v) is 7.36. The summed E-state index contributed by atoms with van der Waals surface area (Å²) in [5.41, 5.74) is 1.63. The minimum atomic E-state index is 0.259. The van der Waals surface area contributed by atoms with Crippen LogP contribution in [0, 0.1) is 0 Å². The average molecular weight is 176 g/mol. The molecule has 2 heteroatoms. The van der Waals surface area contributed by atoms with Gasteiger partial charge >= 0.3 is 0 Å². The molecule has 0 unspecified atom stereocenters. The third kappa shape index (κ3) is 2.75. The van der Waals surface area contributed by atoms with Crippen LogP contribution in [-0.2, 0) is 11.2 Å². The Kier molecular flexibility index (Phi) is 3.26. The number of allylic oxidation sites excluding steroid dienone is 1. The number of para-hydroxylation sites is 1. The van der Waals surface area contributed by atoms with Gasteiger partial charge in [-0.3, -0.25) is 0 Å². The lowest BCUT2D eigenvalue weighted by atomic mass is 10.0. The predicted molar refractivity (Wildman–Crippen MR) is 51.6 cm³/mol. The summed E-state index contributed by atoms with van der Waals surface area (Å²) >= 11 is 0. The van der Waals surface area contributed by atoms with Crippen molar-refractivity contribution in [3.8, 4) is 5.75 Å². The molecule has 0 bridgehead atoms. The third-order valence-electron chi connectivity index (χ3n) is 1.80. The largest absolute Gasteiger partial charge is 0.508 e. The van der Waals surface area contributed by atoms with E-state index in [1.807, 2.05) is 12.1 Å². The van der Waals surface area contributed by atoms with E-state index >= 15 is 0 Å². The number of phenols is 1. The predicted octanol–water partition coefficient (Wildman–Crippen LogP) is 2.08. The van der Waals surface area contributed by atoms with Crippen molar-refractivity contribution in [3.05, 3.63) is 42.0 Å². The first-order valence-electron chi connectivity index (χ1n) is 4.11. The number of hydrogen-bond acceptors (Lipinski definition) is 2. The molecule has 0 aliphatic heterocycles. The molecule has 0 saturated carbocycles. The number of phenolic OH excluding ortho intramolecular Hbond substituents is 1. The Labute approximate surface area is 77.5 Å². The second kappa shape index (κ2) is 4.45. The lowest BCUT2D eigenvalue weighted by molar-refractivity contribution is -0.107. The highest BCUT2D eigenvalue weighted by atomic mass is 16.3. The maximum absolute atomic E-state index is 10.2. The molecule has 1 aromatic rings. The van der Waals surface area contributed by atoms with E-state index in [9.17, 15) is 9.90 Å². The molecule has 1 aromatic carbocycles. The SMILES string of the molecule is C=C(CC=O)Cc1ccccc1O. The van der Waals surface area contributed by atoms with E-state index in [1.54, 1.807) is 12.1 Å². The molecule has 68 valence electrons. The van der Waals surface area contributed by atoms with Crippen molar-refractivity contribution in [1.82, 2.24) is 0 Å². The quantitative estimate of drug-likeness (QED) is 0.563. The van der Waals surface area contributed by atoms with Gasteiger partial charge in [-0.05, 0) is 18.1 Å². The van der Waals surface area contributed by atoms with Gasteiger partial charge in [-0.2, -0.15) is 0 Å². The Bertz CT molecular complexity index is 316. The maximum Gasteiger partial charge on any atom is 0.124 e. The van der Waals surface area contributed by atoms with Crippen molar-refractivity contribution in [1.29, 1.82) is 0 Å². The normalized spacial score (nSPS) is 9.54. The fourth-order valence-corrected chi connectivity index (χ4v) is 1.12. The van der Waals surface area contributed by atoms with Gasteiger partial charge in [0.25, 0.3) is 0 Å². The maximum atomic E-state index is 10.2. The fourth-order valence-electron chi connectivity index (χ4n) is 1.12. The molecule has 0 aromatic heterocycles. The standard InChI is InChI=1S/C11H12O2/c1-9(6-7-12)8-10-4-2-3-5-11(10)13/h2-5,7,13H,1,6,8H2. The minimum absolute atomic E-state index is 0.259. The van der Waals surface area contributed by atoms with Crippen LogP contribution < -0.4 is 0 Å². The molecule has 0 atom stereocenters. The Morgan fingerprint density at radius 2 is 2.15 bits per heavy atom. The van der Waals surface area contributed by atoms with Gasteiger partial charge in [0.05, 0.1) is 0 Å². The molecule has 0 fully saturated rings. The highest BCUT2D eigenvalue weighted by Gasteiger charge is 2.01. The molecule has 0 saturated heterocycles. The van der Waals surface area contributed by atoms with E-state index in [0.29, 0.717) is 12.8 Å². The Morgan fingerprint density at radius 1 is 1.46 bits per heavy atom. The molecular weight excluding hydrogens is 164 g/mol. The van der Waals surface area contributed by atoms with E-state index in [2.05, 4.69) is 6.58 Å². The van der Waals surface area contributed by atoms with Crippen molar-refractivity contribution >= 4 is 6.29 Å². The molecule has 0 aliphatic rings. The van der Waals surface area contributed by atoms with E-state index in [1.165, 1.54) is 0 Å². The van der Waals surface area contributed by atoms with Crippen LogP contribution in [0.2, 0.25) is 0 Å². The Morgan fingerprint density at radius 3 is 2.77 bits per heavy atom. The summed E-state index contributed by atoms with van der Waals surface area (Å²) in [4.78, 5) is 10.2. The van der Waals surface area contributed by atoms with E-state index in [0.717, 1.165) is 17.4 Å². The van der Waals surface area contributed by atoms with Gasteiger partial charge in [-0.25, -0.2) is 0 Å². The summed E-state index contributed by atoms with van der Waals surface area (Å²) in [6, 6.07) is 7.07. The summed E-state index contributed by atoms with van der Waals surface area (Å²) in [5, 5.41) is 9.40. The zero-order valence-electron chi connectivity index (χ0n) is 7.36. The van der Waals surface area contributed by atoms with Crippen LogP contribution in [0.5, 0.6) is 5.75 Å². The number of aromatic hydroxyl groups is 1. The lowest BCUT2D eigenvalue weighted by Crippen LogP contribution is -1.90. The summed E-state index contributed by atoms with van der Waals surface area (Å²) in [6.07, 6.45) is 1.74. The van der Waals surface area contributed by atoms with Crippen LogP contribution in [0.4, 0.5) is 0 Å². The number of carbonyl (C=O) groups excluding carboxylic acids is 1. The second-order valence-corrected chi connectivity index (χ2v) is 2.93. The smallest absolute Gasteiger partial charge is 0.124 e. The number of hydrogen-bond donors (Lipinski definition) is 1. The zero-order chi connectivity index (χ0) is 9.68. The molecule has 1 N–H and O–H groups in total. The van der Waals surface area contributed by atoms with Crippen LogP contribution in [0.1, 0.15) is 12.0 Å². The molecule has 0 amide bonds. The third-order valence-corrected chi connectivity index (χ3v) is 1.80. The number of carbonyl (C=O) groups is 1. The van der Waals surface area contributed by atoms with Crippen LogP contribution in [0.15, 0.2) is 36.4 Å². The number of rotatable bonds is 4. The van der Waals surface area contributed by atoms with E-state index in [-0.39, 0.29) is 5.75 Å². The van der Waals surface area contributed by atoms with Gasteiger partial charge in [0.2, 0.25) is 0 Å². The van der Waals surface area contributed by atoms with Gasteiger partial charge < -0.3 is 9.90 Å². The lowest BCUT2D eigenvalue weighted by Gasteiger charge is -2.03. The van der Waals surface area contributed by atoms with Crippen molar-refractivity contribution in [2.24, 2.45) is 0 Å². The van der Waals surface area contributed by atoms with Crippen LogP contribution >= 0.6 is 0 Å². The first-order valence-corrected chi connectivity index (χ1v) is 4.11. The molecular formula is C11H12O2. The monoisotopic (exact) mass is 176 g/mol. The number of benzene rings is 1. The minimum Gasteiger partial charge on any atom is -0.508 e. The first kappa shape index (κ1) is 9.52. The van der Waals surface area contributed by atoms with Crippen LogP contribution in [0.25, 0.3) is 0 Å². The van der Waals surface area contributed by atoms with Gasteiger partial charge in [0.1, 0.15) is 12.0 Å². The summed E-state index contributed by atoms with van der Waals surface area (Å²) in [5.74, 6) is 0.259. The summed E-state index contributed by atoms with van der Waals surface area (Å²) < 4.78 is 0. The van der Waals surface area contributed by atoms with Crippen LogP contribution in [-0.4, -0.2) is 11.4 Å². The highest BCUT2D eigenvalue weighted by Crippen LogP contribution is 2.19. The molecule has 0 aliphatic carbocycles. The molecule has 13 heavy (non-hydrogen) atoms. The summed E-state index contributed by atoms with van der Waals surface area (Å²) in [7, 11) is 0. The van der Waals surface area contributed by atoms with E-state index in [4.69, 9.17) is 0 Å². The first-order chi connectivity index (χ1) is 6.24. The Balaban J connectivity index is 2.68. The van der Waals surface area contributed by atoms with Crippen molar-refractivity contribution < 1.29 is 9.90 Å². The van der Waals surface area contributed by atoms with Crippen molar-refractivity contribution in [2.75, 3.05) is 0 Å². The number of aldehydes is 1. The van der Waals surface area contributed by atoms with Crippen LogP contribution in [0.3, 0.4) is 0 Å². The topological polar surface area (TPSA) is 37.3 Å². The molecule has 2 nitrogen and oxygen atoms in total. The van der Waals surface area contributed by atoms with Gasteiger partial charge in [0.15, 0.2) is 0 Å². The molecule has 0 heterocycles. The van der Waals surface area contributed by atoms with Crippen molar-refractivity contribution in [2.45, 2.75) is 12.8 Å². The Hall–Kier alpha value is -1.57.